The molecule has 2 N–H and O–H groups in total. The zero-order valence-corrected chi connectivity index (χ0v) is 7.30. The smallest absolute Gasteiger partial charge is 0.222 e. The molecule has 0 radical (unpaired) electrons. The van der Waals surface area contributed by atoms with Crippen molar-refractivity contribution in [3.05, 3.63) is 11.6 Å². The van der Waals surface area contributed by atoms with Crippen molar-refractivity contribution in [3.8, 4) is 0 Å². The van der Waals surface area contributed by atoms with Gasteiger partial charge in [-0.1, -0.05) is 0 Å². The normalized spacial score (nSPS) is 26.4. The number of aliphatic hydroxyl groups excluding tert-OH is 1. The Kier molecular flexibility index (Phi) is 2.05. The van der Waals surface area contributed by atoms with Gasteiger partial charge in [0.1, 0.15) is 6.04 Å². The first-order valence-corrected chi connectivity index (χ1v) is 4.29. The molecule has 1 atom stereocenters. The molecule has 1 aliphatic heterocycles. The van der Waals surface area contributed by atoms with E-state index >= 15 is 0 Å². The highest BCUT2D eigenvalue weighted by Crippen LogP contribution is 2.26. The Bertz CT molecular complexity index is 367. The summed E-state index contributed by atoms with van der Waals surface area (Å²) in [7, 11) is 0. The number of aliphatic imine (C=N–C) groups is 1. The second-order valence-electron chi connectivity index (χ2n) is 3.39. The third-order valence-electron chi connectivity index (χ3n) is 2.37. The summed E-state index contributed by atoms with van der Waals surface area (Å²) >= 11 is 0. The van der Waals surface area contributed by atoms with E-state index in [1.54, 1.807) is 0 Å². The van der Waals surface area contributed by atoms with Gasteiger partial charge in [0.15, 0.2) is 6.29 Å². The monoisotopic (exact) mass is 195 g/mol. The quantitative estimate of drug-likeness (QED) is 0.414. The number of Topliss-reactive ketones (excluding diaryl/α,β-unsaturated/α-hetero) is 1. The van der Waals surface area contributed by atoms with Gasteiger partial charge in [0.2, 0.25) is 11.6 Å². The topological polar surface area (TPSA) is 87.0 Å². The van der Waals surface area contributed by atoms with Crippen LogP contribution >= 0.6 is 0 Å². The number of nitrogens with zero attached hydrogens (tertiary/aromatic N) is 1. The van der Waals surface area contributed by atoms with E-state index in [2.05, 4.69) is 4.99 Å². The summed E-state index contributed by atoms with van der Waals surface area (Å²) in [6, 6.07) is -0.630. The van der Waals surface area contributed by atoms with Gasteiger partial charge in [-0.05, 0) is 11.6 Å². The molecule has 0 saturated heterocycles. The largest absolute Gasteiger partial charge is 0.366 e. The second kappa shape index (κ2) is 3.11. The Balaban J connectivity index is 2.29. The summed E-state index contributed by atoms with van der Waals surface area (Å²) in [6.07, 6.45) is 0.0339. The van der Waals surface area contributed by atoms with E-state index in [1.807, 2.05) is 0 Å². The molecule has 2 aliphatic rings. The fraction of sp³-hybridized carbons (Fsp3) is 0.444. The lowest BCUT2D eigenvalue weighted by atomic mass is 9.94. The molecular weight excluding hydrogens is 186 g/mol. The van der Waals surface area contributed by atoms with Gasteiger partial charge in [-0.3, -0.25) is 14.6 Å². The molecule has 0 aromatic heterocycles. The van der Waals surface area contributed by atoms with E-state index in [0.29, 0.717) is 17.7 Å². The maximum atomic E-state index is 11.0. The molecule has 5 heteroatoms. The number of ketones is 2. The lowest BCUT2D eigenvalue weighted by Gasteiger charge is -2.08. The molecule has 1 aliphatic carbocycles. The first-order valence-electron chi connectivity index (χ1n) is 4.29. The molecule has 1 heterocycles. The van der Waals surface area contributed by atoms with Gasteiger partial charge in [0.05, 0.1) is 6.42 Å². The Morgan fingerprint density at radius 3 is 2.79 bits per heavy atom. The van der Waals surface area contributed by atoms with Crippen LogP contribution in [0.25, 0.3) is 0 Å². The van der Waals surface area contributed by atoms with Crippen LogP contribution in [0.4, 0.5) is 0 Å². The van der Waals surface area contributed by atoms with E-state index < -0.39 is 23.9 Å². The first kappa shape index (κ1) is 9.23. The first-order chi connectivity index (χ1) is 6.58. The molecule has 0 bridgehead atoms. The standard InChI is InChI=1S/C9H9NO4/c11-7-2-4-1-6(9(13)14)10-5(4)3-8(7)12/h2,6,9,13-14H,1,3H2. The Labute approximate surface area is 79.8 Å². The Morgan fingerprint density at radius 1 is 1.43 bits per heavy atom. The van der Waals surface area contributed by atoms with E-state index in [4.69, 9.17) is 10.2 Å². The number of hydrogen-bond donors (Lipinski definition) is 2. The summed E-state index contributed by atoms with van der Waals surface area (Å²) in [5.41, 5.74) is 1.18. The number of carbonyl (C=O) groups excluding carboxylic acids is 2. The van der Waals surface area contributed by atoms with E-state index in [1.165, 1.54) is 6.08 Å². The zero-order valence-electron chi connectivity index (χ0n) is 7.30. The highest BCUT2D eigenvalue weighted by atomic mass is 16.5. The fourth-order valence-corrected chi connectivity index (χ4v) is 1.62. The van der Waals surface area contributed by atoms with Crippen LogP contribution in [-0.4, -0.2) is 39.8 Å². The molecule has 14 heavy (non-hydrogen) atoms. The highest BCUT2D eigenvalue weighted by Gasteiger charge is 2.32. The summed E-state index contributed by atoms with van der Waals surface area (Å²) < 4.78 is 0. The van der Waals surface area contributed by atoms with Crippen molar-refractivity contribution < 1.29 is 19.8 Å². The van der Waals surface area contributed by atoms with Gasteiger partial charge >= 0.3 is 0 Å². The summed E-state index contributed by atoms with van der Waals surface area (Å²) in [5.74, 6) is -1.01. The lowest BCUT2D eigenvalue weighted by molar-refractivity contribution is -0.133. The number of hydrogen-bond acceptors (Lipinski definition) is 5. The molecule has 0 spiro atoms. The van der Waals surface area contributed by atoms with E-state index in [-0.39, 0.29) is 6.42 Å². The van der Waals surface area contributed by atoms with Crippen LogP contribution in [0, 0.1) is 0 Å². The average molecular weight is 195 g/mol. The maximum Gasteiger partial charge on any atom is 0.222 e. The van der Waals surface area contributed by atoms with Crippen molar-refractivity contribution in [2.75, 3.05) is 0 Å². The van der Waals surface area contributed by atoms with Gasteiger partial charge < -0.3 is 10.2 Å². The SMILES string of the molecule is O=C1C=C2CC(C(O)O)N=C2CC1=O. The third kappa shape index (κ3) is 1.40. The molecule has 2 rings (SSSR count). The Hall–Kier alpha value is -1.33. The second-order valence-corrected chi connectivity index (χ2v) is 3.39. The van der Waals surface area contributed by atoms with Gasteiger partial charge in [-0.2, -0.15) is 0 Å². The molecule has 5 nitrogen and oxygen atoms in total. The third-order valence-corrected chi connectivity index (χ3v) is 2.37. The van der Waals surface area contributed by atoms with Crippen LogP contribution in [-0.2, 0) is 9.59 Å². The molecule has 1 unspecified atom stereocenters. The zero-order chi connectivity index (χ0) is 10.3. The van der Waals surface area contributed by atoms with Crippen molar-refractivity contribution >= 4 is 17.3 Å². The van der Waals surface area contributed by atoms with Gasteiger partial charge in [-0.15, -0.1) is 0 Å². The predicted octanol–water partition coefficient (Wildman–Crippen LogP) is -1.02. The fourth-order valence-electron chi connectivity index (χ4n) is 1.62. The van der Waals surface area contributed by atoms with Crippen LogP contribution in [0.5, 0.6) is 0 Å². The molecular formula is C9H9NO4. The van der Waals surface area contributed by atoms with Crippen LogP contribution in [0.2, 0.25) is 0 Å². The predicted molar refractivity (Wildman–Crippen MR) is 46.8 cm³/mol. The van der Waals surface area contributed by atoms with Crippen LogP contribution in [0.15, 0.2) is 16.6 Å². The molecule has 74 valence electrons. The number of aliphatic hydroxyl groups is 2. The summed E-state index contributed by atoms with van der Waals surface area (Å²) in [4.78, 5) is 26.0. The van der Waals surface area contributed by atoms with Crippen molar-refractivity contribution in [1.82, 2.24) is 0 Å². The summed E-state index contributed by atoms with van der Waals surface area (Å²) in [5, 5.41) is 17.8. The van der Waals surface area contributed by atoms with Crippen molar-refractivity contribution in [2.45, 2.75) is 25.2 Å². The Morgan fingerprint density at radius 2 is 2.14 bits per heavy atom. The molecule has 0 saturated carbocycles. The number of fused-ring (bicyclic) bond motifs is 1. The molecule has 0 fully saturated rings. The van der Waals surface area contributed by atoms with Crippen molar-refractivity contribution in [2.24, 2.45) is 4.99 Å². The molecule has 0 aromatic carbocycles. The van der Waals surface area contributed by atoms with E-state index in [0.717, 1.165) is 0 Å². The van der Waals surface area contributed by atoms with E-state index in [9.17, 15) is 9.59 Å². The van der Waals surface area contributed by atoms with Crippen LogP contribution in [0.3, 0.4) is 0 Å². The minimum absolute atomic E-state index is 0.00606. The minimum Gasteiger partial charge on any atom is -0.366 e. The van der Waals surface area contributed by atoms with Crippen molar-refractivity contribution in [1.29, 1.82) is 0 Å². The van der Waals surface area contributed by atoms with Crippen LogP contribution in [0.1, 0.15) is 12.8 Å². The number of carbonyl (C=O) groups is 2. The van der Waals surface area contributed by atoms with Gasteiger partial charge in [0.25, 0.3) is 0 Å². The maximum absolute atomic E-state index is 11.0. The number of rotatable bonds is 1. The average Bonchev–Trinajstić information content (AvgIpc) is 2.48. The highest BCUT2D eigenvalue weighted by molar-refractivity contribution is 6.48. The lowest BCUT2D eigenvalue weighted by Crippen LogP contribution is -2.22. The van der Waals surface area contributed by atoms with Gasteiger partial charge in [0, 0.05) is 12.1 Å². The van der Waals surface area contributed by atoms with Crippen molar-refractivity contribution in [3.63, 3.8) is 0 Å². The minimum atomic E-state index is -1.53. The molecule has 0 amide bonds. The summed E-state index contributed by atoms with van der Waals surface area (Å²) in [6.45, 7) is 0. The van der Waals surface area contributed by atoms with Crippen LogP contribution < -0.4 is 0 Å². The number of allylic oxidation sites excluding steroid dienone is 1. The van der Waals surface area contributed by atoms with Gasteiger partial charge in [-0.25, -0.2) is 0 Å². The molecule has 0 aromatic rings.